The Balaban J connectivity index is 2.34. The standard InChI is InChI=1S/C8H17NO/c1-6(10)9-8(2,3)7-4-5-7/h6-7,9-10H,4-5H2,1-3H3. The topological polar surface area (TPSA) is 32.3 Å². The van der Waals surface area contributed by atoms with Gasteiger partial charge in [0.1, 0.15) is 6.23 Å². The van der Waals surface area contributed by atoms with Gasteiger partial charge in [-0.15, -0.1) is 0 Å². The van der Waals surface area contributed by atoms with E-state index in [9.17, 15) is 0 Å². The zero-order valence-corrected chi connectivity index (χ0v) is 7.02. The van der Waals surface area contributed by atoms with Crippen molar-refractivity contribution in [2.75, 3.05) is 0 Å². The number of nitrogens with one attached hydrogen (secondary N) is 1. The second kappa shape index (κ2) is 2.51. The number of rotatable bonds is 3. The highest BCUT2D eigenvalue weighted by atomic mass is 16.3. The smallest absolute Gasteiger partial charge is 0.102 e. The summed E-state index contributed by atoms with van der Waals surface area (Å²) >= 11 is 0. The molecular formula is C8H17NO. The molecule has 1 atom stereocenters. The van der Waals surface area contributed by atoms with E-state index in [1.54, 1.807) is 6.92 Å². The fourth-order valence-corrected chi connectivity index (χ4v) is 1.46. The average Bonchev–Trinajstić information content (AvgIpc) is 2.35. The van der Waals surface area contributed by atoms with Crippen LogP contribution in [0.15, 0.2) is 0 Å². The van der Waals surface area contributed by atoms with Crippen LogP contribution in [-0.2, 0) is 0 Å². The van der Waals surface area contributed by atoms with E-state index in [0.717, 1.165) is 5.92 Å². The van der Waals surface area contributed by atoms with Crippen molar-refractivity contribution < 1.29 is 5.11 Å². The molecule has 1 saturated carbocycles. The molecule has 0 aromatic rings. The van der Waals surface area contributed by atoms with Crippen LogP contribution in [0.25, 0.3) is 0 Å². The second-order valence-corrected chi connectivity index (χ2v) is 3.82. The minimum absolute atomic E-state index is 0.133. The first-order valence-electron chi connectivity index (χ1n) is 3.98. The molecule has 0 saturated heterocycles. The lowest BCUT2D eigenvalue weighted by atomic mass is 9.99. The summed E-state index contributed by atoms with van der Waals surface area (Å²) in [5, 5.41) is 12.2. The normalized spacial score (nSPS) is 22.8. The number of hydrogen-bond acceptors (Lipinski definition) is 2. The number of aliphatic hydroxyl groups is 1. The summed E-state index contributed by atoms with van der Waals surface area (Å²) in [5.74, 6) is 0.780. The van der Waals surface area contributed by atoms with Gasteiger partial charge >= 0.3 is 0 Å². The molecule has 10 heavy (non-hydrogen) atoms. The fraction of sp³-hybridized carbons (Fsp3) is 1.00. The van der Waals surface area contributed by atoms with E-state index in [2.05, 4.69) is 19.2 Å². The number of aliphatic hydroxyl groups excluding tert-OH is 1. The largest absolute Gasteiger partial charge is 0.379 e. The lowest BCUT2D eigenvalue weighted by molar-refractivity contribution is 0.110. The predicted octanol–water partition coefficient (Wildman–Crippen LogP) is 1.10. The maximum atomic E-state index is 9.05. The van der Waals surface area contributed by atoms with Gasteiger partial charge in [0.25, 0.3) is 0 Å². The van der Waals surface area contributed by atoms with Crippen molar-refractivity contribution in [1.29, 1.82) is 0 Å². The Bertz CT molecular complexity index is 116. The van der Waals surface area contributed by atoms with Crippen LogP contribution in [-0.4, -0.2) is 16.9 Å². The van der Waals surface area contributed by atoms with Gasteiger partial charge in [0.2, 0.25) is 0 Å². The van der Waals surface area contributed by atoms with Gasteiger partial charge in [-0.2, -0.15) is 0 Å². The molecule has 2 N–H and O–H groups in total. The van der Waals surface area contributed by atoms with Gasteiger partial charge in [-0.05, 0) is 39.5 Å². The van der Waals surface area contributed by atoms with Crippen molar-refractivity contribution in [1.82, 2.24) is 5.32 Å². The minimum atomic E-state index is -0.379. The summed E-state index contributed by atoms with van der Waals surface area (Å²) in [6.07, 6.45) is 2.25. The zero-order chi connectivity index (χ0) is 7.78. The third-order valence-corrected chi connectivity index (χ3v) is 2.18. The predicted molar refractivity (Wildman–Crippen MR) is 41.6 cm³/mol. The summed E-state index contributed by atoms with van der Waals surface area (Å²) in [7, 11) is 0. The van der Waals surface area contributed by atoms with Crippen molar-refractivity contribution in [3.63, 3.8) is 0 Å². The lowest BCUT2D eigenvalue weighted by Crippen LogP contribution is -2.46. The van der Waals surface area contributed by atoms with Crippen LogP contribution in [0.5, 0.6) is 0 Å². The maximum absolute atomic E-state index is 9.05. The highest BCUT2D eigenvalue weighted by Gasteiger charge is 2.37. The van der Waals surface area contributed by atoms with Gasteiger partial charge in [0.05, 0.1) is 0 Å². The third kappa shape index (κ3) is 1.96. The lowest BCUT2D eigenvalue weighted by Gasteiger charge is -2.27. The highest BCUT2D eigenvalue weighted by Crippen LogP contribution is 2.39. The molecular weight excluding hydrogens is 126 g/mol. The fourth-order valence-electron chi connectivity index (χ4n) is 1.46. The molecule has 1 rings (SSSR count). The van der Waals surface area contributed by atoms with E-state index in [4.69, 9.17) is 5.11 Å². The monoisotopic (exact) mass is 143 g/mol. The Labute approximate surface area is 62.6 Å². The highest BCUT2D eigenvalue weighted by molar-refractivity contribution is 4.94. The summed E-state index contributed by atoms with van der Waals surface area (Å²) in [5.41, 5.74) is 0.133. The Morgan fingerprint density at radius 1 is 1.50 bits per heavy atom. The summed E-state index contributed by atoms with van der Waals surface area (Å²) in [4.78, 5) is 0. The van der Waals surface area contributed by atoms with Crippen molar-refractivity contribution >= 4 is 0 Å². The summed E-state index contributed by atoms with van der Waals surface area (Å²) in [6, 6.07) is 0. The molecule has 0 heterocycles. The molecule has 0 aromatic heterocycles. The van der Waals surface area contributed by atoms with E-state index >= 15 is 0 Å². The second-order valence-electron chi connectivity index (χ2n) is 3.82. The van der Waals surface area contributed by atoms with Gasteiger partial charge in [-0.25, -0.2) is 0 Å². The SMILES string of the molecule is CC(O)NC(C)(C)C1CC1. The first-order chi connectivity index (χ1) is 4.52. The van der Waals surface area contributed by atoms with Crippen molar-refractivity contribution in [3.05, 3.63) is 0 Å². The van der Waals surface area contributed by atoms with E-state index in [-0.39, 0.29) is 11.8 Å². The number of hydrogen-bond donors (Lipinski definition) is 2. The first-order valence-corrected chi connectivity index (χ1v) is 3.98. The first kappa shape index (κ1) is 8.02. The van der Waals surface area contributed by atoms with Gasteiger partial charge < -0.3 is 5.11 Å². The van der Waals surface area contributed by atoms with Gasteiger partial charge in [-0.1, -0.05) is 0 Å². The van der Waals surface area contributed by atoms with Crippen molar-refractivity contribution in [2.24, 2.45) is 5.92 Å². The molecule has 2 heteroatoms. The Morgan fingerprint density at radius 2 is 2.00 bits per heavy atom. The summed E-state index contributed by atoms with van der Waals surface area (Å²) in [6.45, 7) is 6.07. The molecule has 2 nitrogen and oxygen atoms in total. The average molecular weight is 143 g/mol. The Kier molecular flexibility index (Phi) is 2.02. The molecule has 0 bridgehead atoms. The van der Waals surface area contributed by atoms with Crippen LogP contribution in [0, 0.1) is 5.92 Å². The molecule has 1 unspecified atom stereocenters. The third-order valence-electron chi connectivity index (χ3n) is 2.18. The Hall–Kier alpha value is -0.0800. The molecule has 1 aliphatic carbocycles. The van der Waals surface area contributed by atoms with E-state index in [1.807, 2.05) is 0 Å². The van der Waals surface area contributed by atoms with Crippen LogP contribution in [0.1, 0.15) is 33.6 Å². The van der Waals surface area contributed by atoms with E-state index < -0.39 is 0 Å². The molecule has 1 fully saturated rings. The molecule has 0 aliphatic heterocycles. The Morgan fingerprint density at radius 3 is 2.30 bits per heavy atom. The van der Waals surface area contributed by atoms with Gasteiger partial charge in [0.15, 0.2) is 0 Å². The molecule has 0 radical (unpaired) electrons. The van der Waals surface area contributed by atoms with Crippen LogP contribution < -0.4 is 5.32 Å². The van der Waals surface area contributed by atoms with Crippen LogP contribution >= 0.6 is 0 Å². The van der Waals surface area contributed by atoms with E-state index in [1.165, 1.54) is 12.8 Å². The van der Waals surface area contributed by atoms with E-state index in [0.29, 0.717) is 0 Å². The zero-order valence-electron chi connectivity index (χ0n) is 7.02. The molecule has 0 aromatic carbocycles. The molecule has 0 amide bonds. The van der Waals surface area contributed by atoms with Crippen molar-refractivity contribution in [3.8, 4) is 0 Å². The molecule has 1 aliphatic rings. The van der Waals surface area contributed by atoms with Gasteiger partial charge in [-0.3, -0.25) is 5.32 Å². The minimum Gasteiger partial charge on any atom is -0.379 e. The quantitative estimate of drug-likeness (QED) is 0.580. The maximum Gasteiger partial charge on any atom is 0.102 e. The van der Waals surface area contributed by atoms with Crippen LogP contribution in [0.4, 0.5) is 0 Å². The van der Waals surface area contributed by atoms with Crippen molar-refractivity contribution in [2.45, 2.75) is 45.4 Å². The van der Waals surface area contributed by atoms with Crippen LogP contribution in [0.2, 0.25) is 0 Å². The summed E-state index contributed by atoms with van der Waals surface area (Å²) < 4.78 is 0. The molecule has 0 spiro atoms. The molecule has 60 valence electrons. The van der Waals surface area contributed by atoms with Gasteiger partial charge in [0, 0.05) is 5.54 Å². The van der Waals surface area contributed by atoms with Crippen LogP contribution in [0.3, 0.4) is 0 Å².